The van der Waals surface area contributed by atoms with Crippen molar-refractivity contribution in [3.8, 4) is 5.75 Å². The van der Waals surface area contributed by atoms with Gasteiger partial charge < -0.3 is 9.84 Å². The summed E-state index contributed by atoms with van der Waals surface area (Å²) < 4.78 is 5.94. The van der Waals surface area contributed by atoms with Crippen LogP contribution in [0.3, 0.4) is 0 Å². The van der Waals surface area contributed by atoms with Crippen molar-refractivity contribution < 1.29 is 24.2 Å². The highest BCUT2D eigenvalue weighted by atomic mass is 32.1. The SMILES string of the molecule is CC(=O)c1sc(N2C(=O)C(=O)/C(=C(/O)c3ccc(C)cc3)C2c2cccc(OCCC(C)C)c2)nc1C. The maximum Gasteiger partial charge on any atom is 0.301 e. The number of thiazole rings is 1. The lowest BCUT2D eigenvalue weighted by atomic mass is 9.95. The minimum Gasteiger partial charge on any atom is -0.507 e. The third-order valence-electron chi connectivity index (χ3n) is 6.22. The third-order valence-corrected chi connectivity index (χ3v) is 7.48. The van der Waals surface area contributed by atoms with E-state index in [-0.39, 0.29) is 22.2 Å². The summed E-state index contributed by atoms with van der Waals surface area (Å²) in [7, 11) is 0. The fourth-order valence-electron chi connectivity index (χ4n) is 4.21. The van der Waals surface area contributed by atoms with E-state index in [1.807, 2.05) is 25.1 Å². The summed E-state index contributed by atoms with van der Waals surface area (Å²) in [5.74, 6) is -0.987. The fourth-order valence-corrected chi connectivity index (χ4v) is 5.20. The average molecular weight is 519 g/mol. The lowest BCUT2D eigenvalue weighted by molar-refractivity contribution is -0.132. The molecule has 1 atom stereocenters. The minimum absolute atomic E-state index is 0.0367. The van der Waals surface area contributed by atoms with E-state index in [1.165, 1.54) is 11.8 Å². The van der Waals surface area contributed by atoms with Gasteiger partial charge in [-0.15, -0.1) is 0 Å². The zero-order chi connectivity index (χ0) is 26.9. The van der Waals surface area contributed by atoms with E-state index in [2.05, 4.69) is 18.8 Å². The van der Waals surface area contributed by atoms with Crippen LogP contribution in [0, 0.1) is 19.8 Å². The predicted octanol–water partition coefficient (Wildman–Crippen LogP) is 6.01. The second kappa shape index (κ2) is 10.7. The first-order valence-electron chi connectivity index (χ1n) is 12.2. The standard InChI is InChI=1S/C29H30N2O5S/c1-16(2)13-14-36-22-8-6-7-21(15-22)24-23(25(33)20-11-9-17(3)10-12-20)26(34)28(35)31(24)29-30-18(4)27(37-29)19(5)32/h6-12,15-16,24,33H,13-14H2,1-5H3/b25-23+. The van der Waals surface area contributed by atoms with Gasteiger partial charge in [0.05, 0.1) is 28.8 Å². The first-order valence-corrected chi connectivity index (χ1v) is 13.0. The molecule has 1 aliphatic heterocycles. The number of carbonyl (C=O) groups is 3. The molecule has 2 heterocycles. The lowest BCUT2D eigenvalue weighted by Gasteiger charge is -2.23. The van der Waals surface area contributed by atoms with E-state index in [4.69, 9.17) is 4.74 Å². The first-order chi connectivity index (χ1) is 17.6. The molecule has 1 aliphatic rings. The molecule has 0 saturated carbocycles. The van der Waals surface area contributed by atoms with Crippen LogP contribution in [0.1, 0.15) is 65.3 Å². The summed E-state index contributed by atoms with van der Waals surface area (Å²) in [5.41, 5.74) is 2.46. The van der Waals surface area contributed by atoms with Gasteiger partial charge in [0.2, 0.25) is 0 Å². The number of hydrogen-bond donors (Lipinski definition) is 1. The number of aliphatic hydroxyl groups is 1. The number of aromatic nitrogens is 1. The number of anilines is 1. The van der Waals surface area contributed by atoms with Gasteiger partial charge in [-0.25, -0.2) is 4.98 Å². The zero-order valence-corrected chi connectivity index (χ0v) is 22.4. The molecular weight excluding hydrogens is 488 g/mol. The number of amides is 1. The topological polar surface area (TPSA) is 96.8 Å². The Labute approximate surface area is 220 Å². The number of benzene rings is 2. The summed E-state index contributed by atoms with van der Waals surface area (Å²) >= 11 is 1.06. The highest BCUT2D eigenvalue weighted by Gasteiger charge is 2.48. The number of carbonyl (C=O) groups excluding carboxylic acids is 3. The van der Waals surface area contributed by atoms with Crippen molar-refractivity contribution in [1.82, 2.24) is 4.98 Å². The van der Waals surface area contributed by atoms with Crippen molar-refractivity contribution in [3.05, 3.63) is 81.4 Å². The summed E-state index contributed by atoms with van der Waals surface area (Å²) in [6, 6.07) is 13.3. The van der Waals surface area contributed by atoms with Crippen LogP contribution in [0.25, 0.3) is 5.76 Å². The Morgan fingerprint density at radius 1 is 1.14 bits per heavy atom. The molecule has 2 aromatic carbocycles. The smallest absolute Gasteiger partial charge is 0.301 e. The van der Waals surface area contributed by atoms with Crippen LogP contribution < -0.4 is 9.64 Å². The monoisotopic (exact) mass is 518 g/mol. The molecule has 1 saturated heterocycles. The van der Waals surface area contributed by atoms with Gasteiger partial charge >= 0.3 is 5.91 Å². The van der Waals surface area contributed by atoms with Gasteiger partial charge in [-0.2, -0.15) is 0 Å². The number of rotatable bonds is 8. The minimum atomic E-state index is -0.944. The zero-order valence-electron chi connectivity index (χ0n) is 21.6. The van der Waals surface area contributed by atoms with Crippen LogP contribution in [0.15, 0.2) is 54.1 Å². The van der Waals surface area contributed by atoms with E-state index in [1.54, 1.807) is 37.3 Å². The van der Waals surface area contributed by atoms with Gasteiger partial charge in [-0.05, 0) is 43.9 Å². The Bertz CT molecular complexity index is 1390. The molecule has 0 spiro atoms. The Morgan fingerprint density at radius 2 is 1.84 bits per heavy atom. The van der Waals surface area contributed by atoms with Crippen molar-refractivity contribution in [2.24, 2.45) is 5.92 Å². The molecular formula is C29H30N2O5S. The maximum atomic E-state index is 13.4. The molecule has 37 heavy (non-hydrogen) atoms. The fraction of sp³-hybridized carbons (Fsp3) is 0.310. The summed E-state index contributed by atoms with van der Waals surface area (Å²) in [6.07, 6.45) is 0.877. The van der Waals surface area contributed by atoms with Crippen LogP contribution in [-0.4, -0.2) is 34.2 Å². The quantitative estimate of drug-likeness (QED) is 0.170. The molecule has 0 radical (unpaired) electrons. The summed E-state index contributed by atoms with van der Waals surface area (Å²) in [4.78, 5) is 45.0. The van der Waals surface area contributed by atoms with E-state index >= 15 is 0 Å². The van der Waals surface area contributed by atoms with Crippen LogP contribution >= 0.6 is 11.3 Å². The largest absolute Gasteiger partial charge is 0.507 e. The highest BCUT2D eigenvalue weighted by molar-refractivity contribution is 7.18. The van der Waals surface area contributed by atoms with Crippen LogP contribution in [0.4, 0.5) is 5.13 Å². The average Bonchev–Trinajstić information content (AvgIpc) is 3.36. The van der Waals surface area contributed by atoms with E-state index < -0.39 is 17.7 Å². The molecule has 0 bridgehead atoms. The summed E-state index contributed by atoms with van der Waals surface area (Å²) in [5, 5.41) is 11.5. The van der Waals surface area contributed by atoms with Crippen molar-refractivity contribution in [1.29, 1.82) is 0 Å². The van der Waals surface area contributed by atoms with E-state index in [0.29, 0.717) is 40.0 Å². The number of aryl methyl sites for hydroxylation is 2. The van der Waals surface area contributed by atoms with Gasteiger partial charge in [-0.1, -0.05) is 67.1 Å². The van der Waals surface area contributed by atoms with Crippen molar-refractivity contribution >= 4 is 39.7 Å². The Balaban J connectivity index is 1.87. The molecule has 3 aromatic rings. The van der Waals surface area contributed by atoms with Crippen molar-refractivity contribution in [3.63, 3.8) is 0 Å². The molecule has 1 aromatic heterocycles. The highest BCUT2D eigenvalue weighted by Crippen LogP contribution is 2.44. The molecule has 192 valence electrons. The number of hydrogen-bond acceptors (Lipinski definition) is 7. The molecule has 7 nitrogen and oxygen atoms in total. The number of aliphatic hydroxyl groups excluding tert-OH is 1. The first kappa shape index (κ1) is 26.3. The lowest BCUT2D eigenvalue weighted by Crippen LogP contribution is -2.29. The van der Waals surface area contributed by atoms with E-state index in [0.717, 1.165) is 23.3 Å². The molecule has 1 unspecified atom stereocenters. The number of Topliss-reactive ketones (excluding diaryl/α,β-unsaturated/α-hetero) is 2. The van der Waals surface area contributed by atoms with Crippen LogP contribution in [0.2, 0.25) is 0 Å². The van der Waals surface area contributed by atoms with Gasteiger partial charge in [0, 0.05) is 12.5 Å². The molecule has 0 aliphatic carbocycles. The van der Waals surface area contributed by atoms with Crippen LogP contribution in [0.5, 0.6) is 5.75 Å². The second-order valence-corrected chi connectivity index (χ2v) is 10.6. The van der Waals surface area contributed by atoms with Crippen molar-refractivity contribution in [2.75, 3.05) is 11.5 Å². The maximum absolute atomic E-state index is 13.4. The summed E-state index contributed by atoms with van der Waals surface area (Å²) in [6.45, 7) is 9.81. The number of ether oxygens (including phenoxy) is 1. The Kier molecular flexibility index (Phi) is 7.59. The Hall–Kier alpha value is -3.78. The van der Waals surface area contributed by atoms with E-state index in [9.17, 15) is 19.5 Å². The van der Waals surface area contributed by atoms with Gasteiger partial charge in [0.15, 0.2) is 10.9 Å². The normalized spacial score (nSPS) is 17.0. The molecule has 1 fully saturated rings. The molecule has 1 amide bonds. The van der Waals surface area contributed by atoms with Crippen molar-refractivity contribution in [2.45, 2.75) is 47.1 Å². The van der Waals surface area contributed by atoms with Gasteiger partial charge in [-0.3, -0.25) is 19.3 Å². The van der Waals surface area contributed by atoms with Crippen LogP contribution in [-0.2, 0) is 9.59 Å². The number of ketones is 2. The second-order valence-electron chi connectivity index (χ2n) is 9.61. The Morgan fingerprint density at radius 3 is 2.46 bits per heavy atom. The predicted molar refractivity (Wildman–Crippen MR) is 144 cm³/mol. The van der Waals surface area contributed by atoms with Gasteiger partial charge in [0.25, 0.3) is 5.78 Å². The molecule has 1 N–H and O–H groups in total. The third kappa shape index (κ3) is 5.34. The molecule has 4 rings (SSSR count). The number of nitrogens with zero attached hydrogens (tertiary/aromatic N) is 2. The molecule has 8 heteroatoms. The van der Waals surface area contributed by atoms with Gasteiger partial charge in [0.1, 0.15) is 11.5 Å².